The minimum Gasteiger partial charge on any atom is -0.465 e. The van der Waals surface area contributed by atoms with Crippen LogP contribution in [0, 0.1) is 23.7 Å². The van der Waals surface area contributed by atoms with E-state index in [1.54, 1.807) is 6.08 Å². The number of methoxy groups -OCH3 is 1. The average molecular weight is 301 g/mol. The number of amides is 2. The monoisotopic (exact) mass is 301 g/mol. The molecular formula is C17H19NO4. The number of carbonyl (C=O) groups is 3. The number of carbonyl (C=O) groups excluding carboxylic acids is 3. The van der Waals surface area contributed by atoms with E-state index in [4.69, 9.17) is 0 Å². The van der Waals surface area contributed by atoms with Crippen molar-refractivity contribution < 1.29 is 19.1 Å². The number of likely N-dealkylation sites (tertiary alicyclic amines) is 1. The molecule has 0 N–H and O–H groups in total. The third kappa shape index (κ3) is 2.42. The number of fused-ring (bicyclic) bond motifs is 5. The smallest absolute Gasteiger partial charge is 0.338 e. The molecule has 0 radical (unpaired) electrons. The van der Waals surface area contributed by atoms with Gasteiger partial charge in [0.25, 0.3) is 0 Å². The van der Waals surface area contributed by atoms with Crippen molar-refractivity contribution in [3.8, 4) is 0 Å². The van der Waals surface area contributed by atoms with E-state index >= 15 is 0 Å². The molecule has 4 atom stereocenters. The lowest BCUT2D eigenvalue weighted by Gasteiger charge is -2.16. The molecule has 2 aliphatic carbocycles. The summed E-state index contributed by atoms with van der Waals surface area (Å²) < 4.78 is 4.45. The van der Waals surface area contributed by atoms with Gasteiger partial charge in [-0.2, -0.15) is 0 Å². The highest BCUT2D eigenvalue weighted by molar-refractivity contribution is 6.06. The molecule has 1 saturated carbocycles. The summed E-state index contributed by atoms with van der Waals surface area (Å²) in [5.41, 5.74) is 2.72. The van der Waals surface area contributed by atoms with Crippen LogP contribution in [0.4, 0.5) is 0 Å². The van der Waals surface area contributed by atoms with Crippen molar-refractivity contribution in [3.63, 3.8) is 0 Å². The summed E-state index contributed by atoms with van der Waals surface area (Å²) in [4.78, 5) is 37.1. The zero-order valence-corrected chi connectivity index (χ0v) is 12.5. The number of esters is 1. The highest BCUT2D eigenvalue weighted by Gasteiger charge is 2.58. The summed E-state index contributed by atoms with van der Waals surface area (Å²) in [5, 5.41) is 0. The third-order valence-electron chi connectivity index (χ3n) is 4.81. The molecule has 3 rings (SSSR count). The van der Waals surface area contributed by atoms with Gasteiger partial charge in [-0.1, -0.05) is 12.2 Å². The van der Waals surface area contributed by atoms with Gasteiger partial charge in [-0.05, 0) is 37.2 Å². The number of unbranched alkanes of at least 4 members (excludes halogenated alkanes) is 1. The zero-order chi connectivity index (χ0) is 15.7. The second-order valence-electron chi connectivity index (χ2n) is 6.01. The third-order valence-corrected chi connectivity index (χ3v) is 4.81. The Kier molecular flexibility index (Phi) is 3.99. The van der Waals surface area contributed by atoms with Gasteiger partial charge in [0.05, 0.1) is 25.0 Å². The van der Waals surface area contributed by atoms with Gasteiger partial charge >= 0.3 is 5.97 Å². The molecule has 3 aliphatic rings. The van der Waals surface area contributed by atoms with E-state index in [9.17, 15) is 14.4 Å². The fourth-order valence-corrected chi connectivity index (χ4v) is 3.81. The van der Waals surface area contributed by atoms with Gasteiger partial charge < -0.3 is 4.74 Å². The van der Waals surface area contributed by atoms with Crippen LogP contribution in [0.5, 0.6) is 0 Å². The molecule has 5 nitrogen and oxygen atoms in total. The van der Waals surface area contributed by atoms with E-state index in [2.05, 4.69) is 22.6 Å². The Morgan fingerprint density at radius 1 is 1.32 bits per heavy atom. The molecule has 0 aromatic carbocycles. The lowest BCUT2D eigenvalue weighted by molar-refractivity contribution is -0.140. The molecule has 2 amide bonds. The summed E-state index contributed by atoms with van der Waals surface area (Å²) in [6.07, 6.45) is 9.43. The molecule has 2 bridgehead atoms. The Balaban J connectivity index is 1.52. The van der Waals surface area contributed by atoms with E-state index in [0.717, 1.165) is 6.42 Å². The van der Waals surface area contributed by atoms with E-state index in [-0.39, 0.29) is 35.5 Å². The summed E-state index contributed by atoms with van der Waals surface area (Å²) in [6.45, 7) is 0.445. The molecule has 1 saturated heterocycles. The minimum absolute atomic E-state index is 0.000863. The molecule has 4 unspecified atom stereocenters. The predicted octanol–water partition coefficient (Wildman–Crippen LogP) is 1.46. The first-order valence-electron chi connectivity index (χ1n) is 7.66. The normalized spacial score (nSPS) is 31.2. The van der Waals surface area contributed by atoms with Crippen LogP contribution in [0.15, 0.2) is 30.0 Å². The largest absolute Gasteiger partial charge is 0.465 e. The molecule has 1 heterocycles. The number of hydrogen-bond acceptors (Lipinski definition) is 4. The van der Waals surface area contributed by atoms with Crippen molar-refractivity contribution >= 4 is 17.8 Å². The maximum Gasteiger partial charge on any atom is 0.338 e. The maximum atomic E-state index is 12.4. The zero-order valence-electron chi connectivity index (χ0n) is 12.5. The van der Waals surface area contributed by atoms with Crippen LogP contribution >= 0.6 is 0 Å². The molecule has 116 valence electrons. The lowest BCUT2D eigenvalue weighted by atomic mass is 9.85. The van der Waals surface area contributed by atoms with Gasteiger partial charge in [-0.3, -0.25) is 14.5 Å². The highest BCUT2D eigenvalue weighted by Crippen LogP contribution is 2.52. The summed E-state index contributed by atoms with van der Waals surface area (Å²) in [7, 11) is 1.31. The molecule has 0 aromatic heterocycles. The summed E-state index contributed by atoms with van der Waals surface area (Å²) >= 11 is 0. The number of ether oxygens (including phenoxy) is 1. The molecule has 0 aromatic rings. The standard InChI is InChI=1S/C17H19NO4/c1-22-13(19)6-4-2-3-5-9-18-16(20)14-11-7-8-12(10-11)15(14)17(18)21/h2,6-8,11-12,14-15H,3,5,9-10H2,1H3. The topological polar surface area (TPSA) is 63.7 Å². The lowest BCUT2D eigenvalue weighted by Crippen LogP contribution is -2.33. The second-order valence-corrected chi connectivity index (χ2v) is 6.01. The molecule has 1 aliphatic heterocycles. The molecular weight excluding hydrogens is 282 g/mol. The molecule has 0 spiro atoms. The van der Waals surface area contributed by atoms with Crippen LogP contribution in [-0.4, -0.2) is 36.3 Å². The molecule has 22 heavy (non-hydrogen) atoms. The quantitative estimate of drug-likeness (QED) is 0.193. The first-order valence-corrected chi connectivity index (χ1v) is 7.66. The fourth-order valence-electron chi connectivity index (χ4n) is 3.81. The Hall–Kier alpha value is -2.13. The van der Waals surface area contributed by atoms with Crippen molar-refractivity contribution in [2.24, 2.45) is 23.7 Å². The van der Waals surface area contributed by atoms with E-state index in [1.807, 2.05) is 0 Å². The van der Waals surface area contributed by atoms with Crippen molar-refractivity contribution in [2.75, 3.05) is 13.7 Å². The number of hydrogen-bond donors (Lipinski definition) is 0. The fraction of sp³-hybridized carbons (Fsp3) is 0.529. The Morgan fingerprint density at radius 3 is 2.55 bits per heavy atom. The minimum atomic E-state index is -0.447. The number of nitrogens with zero attached hydrogens (tertiary/aromatic N) is 1. The number of imide groups is 1. The van der Waals surface area contributed by atoms with Gasteiger partial charge in [0.15, 0.2) is 0 Å². The highest BCUT2D eigenvalue weighted by atomic mass is 16.5. The van der Waals surface area contributed by atoms with Crippen LogP contribution in [0.25, 0.3) is 0 Å². The van der Waals surface area contributed by atoms with Crippen LogP contribution in [0.2, 0.25) is 0 Å². The van der Waals surface area contributed by atoms with E-state index in [0.29, 0.717) is 19.4 Å². The van der Waals surface area contributed by atoms with Crippen molar-refractivity contribution in [2.45, 2.75) is 19.3 Å². The molecule has 5 heteroatoms. The Bertz CT molecular complexity index is 570. The van der Waals surface area contributed by atoms with Crippen LogP contribution in [-0.2, 0) is 19.1 Å². The van der Waals surface area contributed by atoms with Gasteiger partial charge in [0.2, 0.25) is 11.8 Å². The summed E-state index contributed by atoms with van der Waals surface area (Å²) in [6, 6.07) is 0. The van der Waals surface area contributed by atoms with Gasteiger partial charge in [0, 0.05) is 6.54 Å². The van der Waals surface area contributed by atoms with Crippen molar-refractivity contribution in [1.82, 2.24) is 4.90 Å². The second kappa shape index (κ2) is 5.93. The van der Waals surface area contributed by atoms with E-state index < -0.39 is 5.97 Å². The Labute approximate surface area is 129 Å². The first kappa shape index (κ1) is 14.8. The van der Waals surface area contributed by atoms with E-state index in [1.165, 1.54) is 18.1 Å². The average Bonchev–Trinajstić information content (AvgIpc) is 3.18. The molecule has 2 fully saturated rings. The number of rotatable bonds is 5. The van der Waals surface area contributed by atoms with Crippen LogP contribution in [0.1, 0.15) is 19.3 Å². The van der Waals surface area contributed by atoms with Crippen LogP contribution < -0.4 is 0 Å². The maximum absolute atomic E-state index is 12.4. The van der Waals surface area contributed by atoms with Crippen molar-refractivity contribution in [3.05, 3.63) is 30.0 Å². The van der Waals surface area contributed by atoms with Crippen molar-refractivity contribution in [1.29, 1.82) is 0 Å². The van der Waals surface area contributed by atoms with Gasteiger partial charge in [-0.15, -0.1) is 5.73 Å². The number of allylic oxidation sites excluding steroid dienone is 2. The SMILES string of the molecule is COC(=O)C=C=CCCCN1C(=O)C2C3C=CC(C3)C2C1=O. The Morgan fingerprint density at radius 2 is 1.95 bits per heavy atom. The van der Waals surface area contributed by atoms with Crippen LogP contribution in [0.3, 0.4) is 0 Å². The first-order chi connectivity index (χ1) is 10.6. The van der Waals surface area contributed by atoms with Gasteiger partial charge in [0.1, 0.15) is 0 Å². The van der Waals surface area contributed by atoms with Gasteiger partial charge in [-0.25, -0.2) is 4.79 Å². The predicted molar refractivity (Wildman–Crippen MR) is 78.3 cm³/mol. The summed E-state index contributed by atoms with van der Waals surface area (Å²) in [5.74, 6) is -0.146.